The Hall–Kier alpha value is -1.86. The first-order valence-electron chi connectivity index (χ1n) is 6.56. The van der Waals surface area contributed by atoms with Gasteiger partial charge in [-0.05, 0) is 57.3 Å². The molecule has 0 saturated carbocycles. The molecule has 0 spiro atoms. The van der Waals surface area contributed by atoms with E-state index in [1.165, 1.54) is 0 Å². The number of rotatable bonds is 4. The number of aliphatic hydroxyl groups excluding tert-OH is 1. The van der Waals surface area contributed by atoms with Crippen LogP contribution in [0.3, 0.4) is 0 Å². The molecule has 0 saturated heterocycles. The van der Waals surface area contributed by atoms with Crippen LogP contribution in [0.1, 0.15) is 20.8 Å². The van der Waals surface area contributed by atoms with Crippen molar-refractivity contribution in [2.24, 2.45) is 0 Å². The van der Waals surface area contributed by atoms with Crippen molar-refractivity contribution in [1.82, 2.24) is 5.32 Å². The molecule has 0 fully saturated rings. The van der Waals surface area contributed by atoms with Crippen LogP contribution < -0.4 is 16.0 Å². The summed E-state index contributed by atoms with van der Waals surface area (Å²) in [6, 6.07) is 7.03. The summed E-state index contributed by atoms with van der Waals surface area (Å²) in [6.45, 7) is 5.82. The number of anilines is 2. The topological polar surface area (TPSA) is 82.6 Å². The van der Waals surface area contributed by atoms with Gasteiger partial charge >= 0.3 is 6.09 Å². The SMILES string of the molecule is CC(C)(C)OC(=O)Nc1ccc(NC(=S)NCCO)cc1. The van der Waals surface area contributed by atoms with Crippen molar-refractivity contribution in [2.75, 3.05) is 23.8 Å². The summed E-state index contributed by atoms with van der Waals surface area (Å²) in [4.78, 5) is 11.6. The van der Waals surface area contributed by atoms with Gasteiger partial charge in [0.1, 0.15) is 5.60 Å². The minimum Gasteiger partial charge on any atom is -0.444 e. The molecule has 0 aliphatic heterocycles. The molecule has 0 aliphatic carbocycles. The molecule has 0 aromatic heterocycles. The Morgan fingerprint density at radius 3 is 2.19 bits per heavy atom. The first kappa shape index (κ1) is 17.2. The number of aliphatic hydroxyl groups is 1. The van der Waals surface area contributed by atoms with E-state index < -0.39 is 11.7 Å². The number of hydrogen-bond acceptors (Lipinski definition) is 4. The molecule has 116 valence electrons. The van der Waals surface area contributed by atoms with E-state index in [0.717, 1.165) is 5.69 Å². The van der Waals surface area contributed by atoms with E-state index in [2.05, 4.69) is 16.0 Å². The summed E-state index contributed by atoms with van der Waals surface area (Å²) in [5.41, 5.74) is 0.875. The fraction of sp³-hybridized carbons (Fsp3) is 0.429. The summed E-state index contributed by atoms with van der Waals surface area (Å²) in [7, 11) is 0. The number of amides is 1. The molecule has 21 heavy (non-hydrogen) atoms. The number of thiocarbonyl (C=S) groups is 1. The van der Waals surface area contributed by atoms with Crippen molar-refractivity contribution in [3.05, 3.63) is 24.3 Å². The van der Waals surface area contributed by atoms with Crippen LogP contribution in [0.5, 0.6) is 0 Å². The van der Waals surface area contributed by atoms with Crippen LogP contribution in [0, 0.1) is 0 Å². The maximum Gasteiger partial charge on any atom is 0.412 e. The van der Waals surface area contributed by atoms with Crippen molar-refractivity contribution >= 4 is 34.8 Å². The molecule has 0 heterocycles. The fourth-order valence-electron chi connectivity index (χ4n) is 1.40. The van der Waals surface area contributed by atoms with Gasteiger partial charge in [0.15, 0.2) is 5.11 Å². The lowest BCUT2D eigenvalue weighted by Gasteiger charge is -2.19. The third kappa shape index (κ3) is 7.48. The first-order valence-corrected chi connectivity index (χ1v) is 6.97. The van der Waals surface area contributed by atoms with Gasteiger partial charge in [-0.15, -0.1) is 0 Å². The highest BCUT2D eigenvalue weighted by atomic mass is 32.1. The molecular weight excluding hydrogens is 290 g/mol. The summed E-state index contributed by atoms with van der Waals surface area (Å²) in [6.07, 6.45) is -0.497. The monoisotopic (exact) mass is 311 g/mol. The van der Waals surface area contributed by atoms with Gasteiger partial charge in [0.25, 0.3) is 0 Å². The second-order valence-electron chi connectivity index (χ2n) is 5.31. The third-order valence-corrected chi connectivity index (χ3v) is 2.43. The zero-order valence-electron chi connectivity index (χ0n) is 12.4. The third-order valence-electron chi connectivity index (χ3n) is 2.19. The summed E-state index contributed by atoms with van der Waals surface area (Å²) in [5, 5.41) is 17.5. The van der Waals surface area contributed by atoms with E-state index in [0.29, 0.717) is 17.3 Å². The Bertz CT molecular complexity index is 483. The molecule has 1 rings (SSSR count). The van der Waals surface area contributed by atoms with Gasteiger partial charge in [0.2, 0.25) is 0 Å². The molecule has 1 amide bonds. The molecule has 0 aliphatic rings. The Labute approximate surface area is 129 Å². The van der Waals surface area contributed by atoms with E-state index in [-0.39, 0.29) is 6.61 Å². The second kappa shape index (κ2) is 7.80. The van der Waals surface area contributed by atoms with Crippen LogP contribution in [-0.2, 0) is 4.74 Å². The summed E-state index contributed by atoms with van der Waals surface area (Å²) < 4.78 is 5.16. The van der Waals surface area contributed by atoms with Crippen molar-refractivity contribution in [3.63, 3.8) is 0 Å². The zero-order valence-corrected chi connectivity index (χ0v) is 13.2. The smallest absolute Gasteiger partial charge is 0.412 e. The maximum absolute atomic E-state index is 11.6. The predicted octanol–water partition coefficient (Wildman–Crippen LogP) is 2.31. The number of carbonyl (C=O) groups is 1. The van der Waals surface area contributed by atoms with Crippen LogP contribution in [0.4, 0.5) is 16.2 Å². The molecule has 6 nitrogen and oxygen atoms in total. The molecule has 4 N–H and O–H groups in total. The lowest BCUT2D eigenvalue weighted by molar-refractivity contribution is 0.0636. The summed E-state index contributed by atoms with van der Waals surface area (Å²) in [5.74, 6) is 0. The summed E-state index contributed by atoms with van der Waals surface area (Å²) >= 11 is 5.04. The number of carbonyl (C=O) groups excluding carboxylic acids is 1. The minimum absolute atomic E-state index is 0.0145. The Morgan fingerprint density at radius 2 is 1.71 bits per heavy atom. The van der Waals surface area contributed by atoms with E-state index >= 15 is 0 Å². The average Bonchev–Trinajstić information content (AvgIpc) is 2.36. The Balaban J connectivity index is 2.50. The van der Waals surface area contributed by atoms with Gasteiger partial charge in [-0.3, -0.25) is 5.32 Å². The number of hydrogen-bond donors (Lipinski definition) is 4. The van der Waals surface area contributed by atoms with Gasteiger partial charge in [-0.25, -0.2) is 4.79 Å². The van der Waals surface area contributed by atoms with Gasteiger partial charge in [0.05, 0.1) is 6.61 Å². The Kier molecular flexibility index (Phi) is 6.39. The van der Waals surface area contributed by atoms with Gasteiger partial charge < -0.3 is 20.5 Å². The van der Waals surface area contributed by atoms with E-state index in [4.69, 9.17) is 22.1 Å². The molecule has 0 unspecified atom stereocenters. The van der Waals surface area contributed by atoms with Crippen molar-refractivity contribution < 1.29 is 14.6 Å². The molecule has 1 aromatic carbocycles. The van der Waals surface area contributed by atoms with E-state index in [1.807, 2.05) is 0 Å². The quantitative estimate of drug-likeness (QED) is 0.639. The average molecular weight is 311 g/mol. The highest BCUT2D eigenvalue weighted by molar-refractivity contribution is 7.80. The van der Waals surface area contributed by atoms with Crippen molar-refractivity contribution in [3.8, 4) is 0 Å². The largest absolute Gasteiger partial charge is 0.444 e. The molecule has 1 aromatic rings. The molecular formula is C14H21N3O3S. The highest BCUT2D eigenvalue weighted by Crippen LogP contribution is 2.15. The Morgan fingerprint density at radius 1 is 1.19 bits per heavy atom. The lowest BCUT2D eigenvalue weighted by atomic mass is 10.2. The van der Waals surface area contributed by atoms with Crippen LogP contribution in [0.25, 0.3) is 0 Å². The van der Waals surface area contributed by atoms with Crippen LogP contribution in [0.2, 0.25) is 0 Å². The maximum atomic E-state index is 11.6. The van der Waals surface area contributed by atoms with Gasteiger partial charge in [-0.2, -0.15) is 0 Å². The predicted molar refractivity (Wildman–Crippen MR) is 87.6 cm³/mol. The first-order chi connectivity index (χ1) is 9.80. The van der Waals surface area contributed by atoms with Crippen LogP contribution in [0.15, 0.2) is 24.3 Å². The van der Waals surface area contributed by atoms with Gasteiger partial charge in [-0.1, -0.05) is 0 Å². The van der Waals surface area contributed by atoms with Gasteiger partial charge in [0, 0.05) is 17.9 Å². The number of nitrogens with one attached hydrogen (secondary N) is 3. The normalized spacial score (nSPS) is 10.7. The highest BCUT2D eigenvalue weighted by Gasteiger charge is 2.16. The van der Waals surface area contributed by atoms with Crippen LogP contribution >= 0.6 is 12.2 Å². The molecule has 0 bridgehead atoms. The lowest BCUT2D eigenvalue weighted by Crippen LogP contribution is -2.30. The number of benzene rings is 1. The molecule has 0 radical (unpaired) electrons. The standard InChI is InChI=1S/C14H21N3O3S/c1-14(2,3)20-13(19)17-11-6-4-10(5-7-11)16-12(21)15-8-9-18/h4-7,18H,8-9H2,1-3H3,(H,17,19)(H2,15,16,21). The van der Waals surface area contributed by atoms with E-state index in [1.54, 1.807) is 45.0 Å². The minimum atomic E-state index is -0.532. The fourth-order valence-corrected chi connectivity index (χ4v) is 1.62. The van der Waals surface area contributed by atoms with Crippen LogP contribution in [-0.4, -0.2) is 35.1 Å². The van der Waals surface area contributed by atoms with Crippen molar-refractivity contribution in [2.45, 2.75) is 26.4 Å². The van der Waals surface area contributed by atoms with E-state index in [9.17, 15) is 4.79 Å². The molecule has 7 heteroatoms. The molecule has 0 atom stereocenters. The number of ether oxygens (including phenoxy) is 1. The zero-order chi connectivity index (χ0) is 15.9. The van der Waals surface area contributed by atoms with Crippen molar-refractivity contribution in [1.29, 1.82) is 0 Å². The second-order valence-corrected chi connectivity index (χ2v) is 5.72.